The molecular weight excluding hydrogens is 200 g/mol. The Hall–Kier alpha value is -1.02. The molecule has 2 nitrogen and oxygen atoms in total. The molecule has 0 spiro atoms. The van der Waals surface area contributed by atoms with Gasteiger partial charge in [-0.25, -0.2) is 0 Å². The highest BCUT2D eigenvalue weighted by Gasteiger charge is 2.22. The molecule has 0 aliphatic carbocycles. The third-order valence-corrected chi connectivity index (χ3v) is 2.59. The largest absolute Gasteiger partial charge is 0.497 e. The van der Waals surface area contributed by atoms with Gasteiger partial charge >= 0.3 is 0 Å². The smallest absolute Gasteiger partial charge is 0.118 e. The van der Waals surface area contributed by atoms with Crippen LogP contribution in [-0.2, 0) is 6.42 Å². The van der Waals surface area contributed by atoms with Crippen molar-refractivity contribution in [2.75, 3.05) is 7.11 Å². The third kappa shape index (κ3) is 4.23. The third-order valence-electron chi connectivity index (χ3n) is 2.59. The number of hydrogen-bond acceptors (Lipinski definition) is 2. The first kappa shape index (κ1) is 13.0. The van der Waals surface area contributed by atoms with Gasteiger partial charge in [0.15, 0.2) is 0 Å². The molecule has 0 amide bonds. The number of aliphatic hydroxyl groups is 1. The fourth-order valence-electron chi connectivity index (χ4n) is 2.13. The van der Waals surface area contributed by atoms with Crippen LogP contribution in [0.1, 0.15) is 32.8 Å². The maximum atomic E-state index is 10.2. The van der Waals surface area contributed by atoms with E-state index in [0.717, 1.165) is 17.7 Å². The lowest BCUT2D eigenvalue weighted by molar-refractivity contribution is 0.0388. The van der Waals surface area contributed by atoms with E-state index in [1.807, 2.05) is 31.2 Å². The summed E-state index contributed by atoms with van der Waals surface area (Å²) in [5.41, 5.74) is 0.523. The SMILES string of the molecule is COc1ccc(CC(C)(O)CC(C)C)cc1. The van der Waals surface area contributed by atoms with E-state index in [1.165, 1.54) is 0 Å². The van der Waals surface area contributed by atoms with Crippen LogP contribution < -0.4 is 4.74 Å². The molecule has 0 aromatic heterocycles. The molecule has 1 aromatic carbocycles. The number of rotatable bonds is 5. The number of methoxy groups -OCH3 is 1. The van der Waals surface area contributed by atoms with E-state index in [9.17, 15) is 5.11 Å². The Kier molecular flexibility index (Phi) is 4.36. The molecule has 16 heavy (non-hydrogen) atoms. The fraction of sp³-hybridized carbons (Fsp3) is 0.571. The maximum Gasteiger partial charge on any atom is 0.118 e. The van der Waals surface area contributed by atoms with E-state index in [2.05, 4.69) is 13.8 Å². The quantitative estimate of drug-likeness (QED) is 0.829. The van der Waals surface area contributed by atoms with Crippen LogP contribution in [0.3, 0.4) is 0 Å². The van der Waals surface area contributed by atoms with Crippen molar-refractivity contribution in [3.8, 4) is 5.75 Å². The lowest BCUT2D eigenvalue weighted by Crippen LogP contribution is -2.29. The second kappa shape index (κ2) is 5.35. The van der Waals surface area contributed by atoms with Gasteiger partial charge in [0, 0.05) is 6.42 Å². The van der Waals surface area contributed by atoms with E-state index in [1.54, 1.807) is 7.11 Å². The molecule has 1 aromatic rings. The van der Waals surface area contributed by atoms with Gasteiger partial charge in [0.05, 0.1) is 12.7 Å². The normalized spacial score (nSPS) is 14.9. The molecule has 0 saturated carbocycles. The highest BCUT2D eigenvalue weighted by Crippen LogP contribution is 2.22. The van der Waals surface area contributed by atoms with Gasteiger partial charge in [-0.05, 0) is 37.0 Å². The lowest BCUT2D eigenvalue weighted by Gasteiger charge is -2.25. The molecule has 0 fully saturated rings. The first-order chi connectivity index (χ1) is 7.43. The standard InChI is InChI=1S/C14H22O2/c1-11(2)9-14(3,15)10-12-5-7-13(16-4)8-6-12/h5-8,11,15H,9-10H2,1-4H3. The molecule has 0 bridgehead atoms. The van der Waals surface area contributed by atoms with E-state index in [0.29, 0.717) is 12.3 Å². The monoisotopic (exact) mass is 222 g/mol. The van der Waals surface area contributed by atoms with Crippen molar-refractivity contribution in [3.63, 3.8) is 0 Å². The topological polar surface area (TPSA) is 29.5 Å². The van der Waals surface area contributed by atoms with Crippen LogP contribution >= 0.6 is 0 Å². The average Bonchev–Trinajstić information content (AvgIpc) is 2.16. The zero-order valence-electron chi connectivity index (χ0n) is 10.7. The summed E-state index contributed by atoms with van der Waals surface area (Å²) in [6.45, 7) is 6.15. The van der Waals surface area contributed by atoms with Crippen LogP contribution in [0.25, 0.3) is 0 Å². The molecule has 1 atom stereocenters. The summed E-state index contributed by atoms with van der Waals surface area (Å²) >= 11 is 0. The van der Waals surface area contributed by atoms with Crippen molar-refractivity contribution in [1.82, 2.24) is 0 Å². The van der Waals surface area contributed by atoms with Crippen molar-refractivity contribution >= 4 is 0 Å². The Labute approximate surface area is 98.3 Å². The van der Waals surface area contributed by atoms with Crippen molar-refractivity contribution < 1.29 is 9.84 Å². The Morgan fingerprint density at radius 3 is 2.25 bits per heavy atom. The van der Waals surface area contributed by atoms with Crippen molar-refractivity contribution in [3.05, 3.63) is 29.8 Å². The Bertz CT molecular complexity index is 312. The molecule has 0 radical (unpaired) electrons. The summed E-state index contributed by atoms with van der Waals surface area (Å²) in [6, 6.07) is 7.88. The minimum absolute atomic E-state index is 0.508. The summed E-state index contributed by atoms with van der Waals surface area (Å²) in [4.78, 5) is 0. The average molecular weight is 222 g/mol. The van der Waals surface area contributed by atoms with Gasteiger partial charge < -0.3 is 9.84 Å². The molecular formula is C14H22O2. The Morgan fingerprint density at radius 2 is 1.81 bits per heavy atom. The predicted molar refractivity (Wildman–Crippen MR) is 66.8 cm³/mol. The summed E-state index contributed by atoms with van der Waals surface area (Å²) in [5.74, 6) is 1.36. The van der Waals surface area contributed by atoms with Crippen LogP contribution in [-0.4, -0.2) is 17.8 Å². The number of benzene rings is 1. The molecule has 1 unspecified atom stereocenters. The van der Waals surface area contributed by atoms with Crippen molar-refractivity contribution in [1.29, 1.82) is 0 Å². The van der Waals surface area contributed by atoms with Crippen molar-refractivity contribution in [2.24, 2.45) is 5.92 Å². The zero-order chi connectivity index (χ0) is 12.2. The van der Waals surface area contributed by atoms with Gasteiger partial charge in [-0.15, -0.1) is 0 Å². The van der Waals surface area contributed by atoms with Gasteiger partial charge in [0.2, 0.25) is 0 Å². The first-order valence-corrected chi connectivity index (χ1v) is 5.78. The van der Waals surface area contributed by atoms with Gasteiger partial charge in [0.1, 0.15) is 5.75 Å². The van der Waals surface area contributed by atoms with Gasteiger partial charge in [-0.1, -0.05) is 26.0 Å². The first-order valence-electron chi connectivity index (χ1n) is 5.78. The predicted octanol–water partition coefficient (Wildman–Crippen LogP) is 3.03. The second-order valence-corrected chi connectivity index (χ2v) is 5.12. The fourth-order valence-corrected chi connectivity index (χ4v) is 2.13. The minimum Gasteiger partial charge on any atom is -0.497 e. The summed E-state index contributed by atoms with van der Waals surface area (Å²) in [7, 11) is 1.66. The zero-order valence-corrected chi connectivity index (χ0v) is 10.7. The van der Waals surface area contributed by atoms with E-state index >= 15 is 0 Å². The number of ether oxygens (including phenoxy) is 1. The highest BCUT2D eigenvalue weighted by molar-refractivity contribution is 5.27. The van der Waals surface area contributed by atoms with Crippen LogP contribution in [0.4, 0.5) is 0 Å². The molecule has 0 saturated heterocycles. The van der Waals surface area contributed by atoms with Crippen LogP contribution in [0.5, 0.6) is 5.75 Å². The number of hydrogen-bond donors (Lipinski definition) is 1. The van der Waals surface area contributed by atoms with Crippen LogP contribution in [0.2, 0.25) is 0 Å². The molecule has 0 aliphatic rings. The molecule has 1 N–H and O–H groups in total. The van der Waals surface area contributed by atoms with Gasteiger partial charge in [-0.3, -0.25) is 0 Å². The summed E-state index contributed by atoms with van der Waals surface area (Å²) in [6.07, 6.45) is 1.51. The summed E-state index contributed by atoms with van der Waals surface area (Å²) < 4.78 is 5.10. The second-order valence-electron chi connectivity index (χ2n) is 5.12. The molecule has 90 valence electrons. The summed E-state index contributed by atoms with van der Waals surface area (Å²) in [5, 5.41) is 10.2. The molecule has 0 aliphatic heterocycles. The highest BCUT2D eigenvalue weighted by atomic mass is 16.5. The van der Waals surface area contributed by atoms with Crippen LogP contribution in [0.15, 0.2) is 24.3 Å². The lowest BCUT2D eigenvalue weighted by atomic mass is 9.88. The van der Waals surface area contributed by atoms with E-state index in [4.69, 9.17) is 4.74 Å². The molecule has 0 heterocycles. The van der Waals surface area contributed by atoms with Crippen molar-refractivity contribution in [2.45, 2.75) is 39.2 Å². The Balaban J connectivity index is 2.64. The minimum atomic E-state index is -0.622. The molecule has 1 rings (SSSR count). The maximum absolute atomic E-state index is 10.2. The van der Waals surface area contributed by atoms with Gasteiger partial charge in [0.25, 0.3) is 0 Å². The van der Waals surface area contributed by atoms with E-state index < -0.39 is 5.60 Å². The van der Waals surface area contributed by atoms with Crippen LogP contribution in [0, 0.1) is 5.92 Å². The van der Waals surface area contributed by atoms with Gasteiger partial charge in [-0.2, -0.15) is 0 Å². The Morgan fingerprint density at radius 1 is 1.25 bits per heavy atom. The molecule has 2 heteroatoms. The van der Waals surface area contributed by atoms with E-state index in [-0.39, 0.29) is 0 Å².